The first-order valence-corrected chi connectivity index (χ1v) is 4.60. The van der Waals surface area contributed by atoms with Crippen molar-refractivity contribution in [3.63, 3.8) is 0 Å². The van der Waals surface area contributed by atoms with Crippen LogP contribution in [0, 0.1) is 0 Å². The van der Waals surface area contributed by atoms with Crippen LogP contribution >= 0.6 is 0 Å². The topological polar surface area (TPSA) is 126 Å². The third kappa shape index (κ3) is 4.31. The van der Waals surface area contributed by atoms with Crippen molar-refractivity contribution >= 4 is 11.9 Å². The van der Waals surface area contributed by atoms with Gasteiger partial charge in [0.2, 0.25) is 0 Å². The van der Waals surface area contributed by atoms with E-state index in [0.29, 0.717) is 0 Å². The summed E-state index contributed by atoms with van der Waals surface area (Å²) in [4.78, 5) is 34.6. The third-order valence-corrected chi connectivity index (χ3v) is 1.58. The summed E-state index contributed by atoms with van der Waals surface area (Å²) in [5.74, 6) is -2.56. The van der Waals surface area contributed by atoms with Crippen molar-refractivity contribution in [2.75, 3.05) is 0 Å². The minimum atomic E-state index is -1.28. The van der Waals surface area contributed by atoms with Gasteiger partial charge in [0, 0.05) is 18.5 Å². The molecule has 0 unspecified atom stereocenters. The van der Waals surface area contributed by atoms with Gasteiger partial charge in [0.05, 0.1) is 0 Å². The number of carboxylic acid groups (broad SMARTS) is 2. The number of aromatic carboxylic acids is 2. The zero-order valence-corrected chi connectivity index (χ0v) is 8.96. The van der Waals surface area contributed by atoms with Gasteiger partial charge in [0.1, 0.15) is 12.7 Å². The fourth-order valence-electron chi connectivity index (χ4n) is 0.845. The zero-order valence-electron chi connectivity index (χ0n) is 8.96. The van der Waals surface area contributed by atoms with E-state index in [-0.39, 0.29) is 11.4 Å². The average Bonchev–Trinajstić information content (AvgIpc) is 2.41. The molecule has 0 aromatic carbocycles. The molecule has 0 radical (unpaired) electrons. The Kier molecular flexibility index (Phi) is 4.85. The molecule has 0 aliphatic rings. The van der Waals surface area contributed by atoms with Gasteiger partial charge < -0.3 is 10.2 Å². The summed E-state index contributed by atoms with van der Waals surface area (Å²) in [6.45, 7) is 0. The Labute approximate surface area is 101 Å². The molecule has 0 fully saturated rings. The molecule has 0 aliphatic carbocycles. The maximum atomic E-state index is 10.3. The number of rotatable bonds is 2. The van der Waals surface area contributed by atoms with Crippen LogP contribution in [0.25, 0.3) is 0 Å². The first-order chi connectivity index (χ1) is 8.61. The number of carboxylic acids is 2. The summed E-state index contributed by atoms with van der Waals surface area (Å²) in [7, 11) is 0. The van der Waals surface area contributed by atoms with Crippen molar-refractivity contribution in [1.29, 1.82) is 0 Å². The van der Waals surface area contributed by atoms with Crippen LogP contribution in [0.15, 0.2) is 37.2 Å². The van der Waals surface area contributed by atoms with E-state index in [4.69, 9.17) is 10.2 Å². The molecule has 92 valence electrons. The SMILES string of the molecule is O=C(O)c1cc(C(=O)O)ncn1.c1cncnc1. The van der Waals surface area contributed by atoms with Crippen molar-refractivity contribution < 1.29 is 19.8 Å². The van der Waals surface area contributed by atoms with E-state index in [9.17, 15) is 9.59 Å². The van der Waals surface area contributed by atoms with E-state index < -0.39 is 11.9 Å². The van der Waals surface area contributed by atoms with Gasteiger partial charge in [-0.3, -0.25) is 0 Å². The van der Waals surface area contributed by atoms with Crippen molar-refractivity contribution in [2.45, 2.75) is 0 Å². The first-order valence-electron chi connectivity index (χ1n) is 4.60. The summed E-state index contributed by atoms with van der Waals surface area (Å²) in [6, 6.07) is 2.67. The monoisotopic (exact) mass is 248 g/mol. The van der Waals surface area contributed by atoms with Gasteiger partial charge in [0.15, 0.2) is 11.4 Å². The molecule has 2 aromatic rings. The highest BCUT2D eigenvalue weighted by atomic mass is 16.4. The van der Waals surface area contributed by atoms with E-state index in [1.54, 1.807) is 18.5 Å². The van der Waals surface area contributed by atoms with Crippen LogP contribution < -0.4 is 0 Å². The smallest absolute Gasteiger partial charge is 0.354 e. The molecule has 0 aliphatic heterocycles. The average molecular weight is 248 g/mol. The van der Waals surface area contributed by atoms with Crippen LogP contribution in [0.3, 0.4) is 0 Å². The summed E-state index contributed by atoms with van der Waals surface area (Å²) >= 11 is 0. The quantitative estimate of drug-likeness (QED) is 0.779. The second-order valence-corrected chi connectivity index (χ2v) is 2.80. The maximum Gasteiger partial charge on any atom is 0.354 e. The predicted molar refractivity (Wildman–Crippen MR) is 58.0 cm³/mol. The second kappa shape index (κ2) is 6.63. The molecule has 0 atom stereocenters. The van der Waals surface area contributed by atoms with Gasteiger partial charge >= 0.3 is 11.9 Å². The molecular formula is C10H8N4O4. The molecule has 0 bridgehead atoms. The standard InChI is InChI=1S/C6H4N2O4.C4H4N2/c9-5(10)3-1-4(6(11)12)8-2-7-3;1-2-5-4-6-3-1/h1-2H,(H,9,10)(H,11,12);1-4H. The molecule has 2 heterocycles. The van der Waals surface area contributed by atoms with Crippen LogP contribution in [0.1, 0.15) is 21.0 Å². The lowest BCUT2D eigenvalue weighted by Crippen LogP contribution is -2.06. The molecule has 18 heavy (non-hydrogen) atoms. The van der Waals surface area contributed by atoms with Crippen molar-refractivity contribution in [1.82, 2.24) is 19.9 Å². The van der Waals surface area contributed by atoms with Crippen LogP contribution in [0.2, 0.25) is 0 Å². The van der Waals surface area contributed by atoms with Crippen molar-refractivity contribution in [3.05, 3.63) is 48.6 Å². The summed E-state index contributed by atoms with van der Waals surface area (Å²) in [6.07, 6.45) is 5.77. The molecule has 2 rings (SSSR count). The molecule has 8 nitrogen and oxygen atoms in total. The fraction of sp³-hybridized carbons (Fsp3) is 0. The second-order valence-electron chi connectivity index (χ2n) is 2.80. The molecule has 0 amide bonds. The van der Waals surface area contributed by atoms with Crippen molar-refractivity contribution in [3.8, 4) is 0 Å². The number of aromatic nitrogens is 4. The normalized spacial score (nSPS) is 8.89. The molecular weight excluding hydrogens is 240 g/mol. The van der Waals surface area contributed by atoms with Gasteiger partial charge in [-0.05, 0) is 6.07 Å². The Morgan fingerprint density at radius 2 is 1.39 bits per heavy atom. The minimum absolute atomic E-state index is 0.331. The largest absolute Gasteiger partial charge is 0.477 e. The van der Waals surface area contributed by atoms with Crippen LogP contribution in [-0.2, 0) is 0 Å². The lowest BCUT2D eigenvalue weighted by molar-refractivity contribution is 0.0689. The Hall–Kier alpha value is -2.90. The molecule has 2 aromatic heterocycles. The molecule has 8 heteroatoms. The van der Waals surface area contributed by atoms with Gasteiger partial charge in [0.25, 0.3) is 0 Å². The lowest BCUT2D eigenvalue weighted by atomic mass is 10.3. The Morgan fingerprint density at radius 3 is 1.67 bits per heavy atom. The van der Waals surface area contributed by atoms with Gasteiger partial charge in [-0.15, -0.1) is 0 Å². The van der Waals surface area contributed by atoms with E-state index in [1.807, 2.05) is 0 Å². The highest BCUT2D eigenvalue weighted by Crippen LogP contribution is 1.97. The number of hydrogen-bond acceptors (Lipinski definition) is 6. The molecule has 2 N–H and O–H groups in total. The lowest BCUT2D eigenvalue weighted by Gasteiger charge is -1.93. The summed E-state index contributed by atoms with van der Waals surface area (Å²) in [5, 5.41) is 16.8. The molecule has 0 saturated carbocycles. The number of nitrogens with zero attached hydrogens (tertiary/aromatic N) is 4. The predicted octanol–water partition coefficient (Wildman–Crippen LogP) is 0.350. The highest BCUT2D eigenvalue weighted by molar-refractivity contribution is 5.90. The van der Waals surface area contributed by atoms with Gasteiger partial charge in [-0.1, -0.05) is 0 Å². The van der Waals surface area contributed by atoms with E-state index >= 15 is 0 Å². The molecule has 0 saturated heterocycles. The first kappa shape index (κ1) is 13.2. The Bertz CT molecular complexity index is 476. The number of carbonyl (C=O) groups is 2. The Balaban J connectivity index is 0.000000225. The summed E-state index contributed by atoms with van der Waals surface area (Å²) < 4.78 is 0. The van der Waals surface area contributed by atoms with Gasteiger partial charge in [-0.2, -0.15) is 0 Å². The number of hydrogen-bond donors (Lipinski definition) is 2. The third-order valence-electron chi connectivity index (χ3n) is 1.58. The van der Waals surface area contributed by atoms with Crippen molar-refractivity contribution in [2.24, 2.45) is 0 Å². The van der Waals surface area contributed by atoms with Crippen LogP contribution in [-0.4, -0.2) is 42.1 Å². The molecule has 0 spiro atoms. The minimum Gasteiger partial charge on any atom is -0.477 e. The summed E-state index contributed by atoms with van der Waals surface area (Å²) in [5.41, 5.74) is -0.662. The van der Waals surface area contributed by atoms with E-state index in [2.05, 4.69) is 19.9 Å². The zero-order chi connectivity index (χ0) is 13.4. The van der Waals surface area contributed by atoms with Crippen LogP contribution in [0.4, 0.5) is 0 Å². The Morgan fingerprint density at radius 1 is 0.889 bits per heavy atom. The fourth-order valence-corrected chi connectivity index (χ4v) is 0.845. The van der Waals surface area contributed by atoms with E-state index in [0.717, 1.165) is 12.4 Å². The van der Waals surface area contributed by atoms with Gasteiger partial charge in [-0.25, -0.2) is 29.5 Å². The highest BCUT2D eigenvalue weighted by Gasteiger charge is 2.09. The van der Waals surface area contributed by atoms with Crippen LogP contribution in [0.5, 0.6) is 0 Å². The van der Waals surface area contributed by atoms with E-state index in [1.165, 1.54) is 6.33 Å². The maximum absolute atomic E-state index is 10.3.